The maximum absolute atomic E-state index is 13.0. The van der Waals surface area contributed by atoms with Crippen LogP contribution in [0.15, 0.2) is 53.2 Å². The molecule has 4 aromatic rings. The topological polar surface area (TPSA) is 101 Å². The van der Waals surface area contributed by atoms with Gasteiger partial charge in [-0.15, -0.1) is 0 Å². The van der Waals surface area contributed by atoms with E-state index in [0.717, 1.165) is 10.9 Å². The van der Waals surface area contributed by atoms with Crippen LogP contribution in [0.4, 0.5) is 0 Å². The van der Waals surface area contributed by atoms with E-state index in [1.165, 1.54) is 6.92 Å². The molecular formula is C23H19N3O4. The van der Waals surface area contributed by atoms with Crippen LogP contribution in [0.25, 0.3) is 16.8 Å². The number of fused-ring (bicyclic) bond motifs is 1. The number of aryl methyl sites for hydroxylation is 2. The van der Waals surface area contributed by atoms with Crippen LogP contribution in [-0.2, 0) is 4.74 Å². The third-order valence-electron chi connectivity index (χ3n) is 5.01. The largest absolute Gasteiger partial charge is 0.451 e. The van der Waals surface area contributed by atoms with Crippen LogP contribution in [0, 0.1) is 25.2 Å². The van der Waals surface area contributed by atoms with Crippen molar-refractivity contribution < 1.29 is 18.7 Å². The van der Waals surface area contributed by atoms with Crippen molar-refractivity contribution in [3.8, 4) is 12.0 Å². The van der Waals surface area contributed by atoms with E-state index in [0.29, 0.717) is 11.3 Å². The summed E-state index contributed by atoms with van der Waals surface area (Å²) in [6.45, 7) is 4.91. The lowest BCUT2D eigenvalue weighted by molar-refractivity contribution is 0.0317. The number of nitrogens with zero attached hydrogens (tertiary/aromatic N) is 2. The number of Topliss-reactive ketones (excluding diaryl/α,β-unsaturated/α-hetero) is 1. The van der Waals surface area contributed by atoms with Crippen LogP contribution in [0.1, 0.15) is 44.7 Å². The van der Waals surface area contributed by atoms with Gasteiger partial charge in [-0.25, -0.2) is 4.79 Å². The first-order chi connectivity index (χ1) is 14.4. The predicted molar refractivity (Wildman–Crippen MR) is 110 cm³/mol. The number of ketones is 1. The molecule has 0 unspecified atom stereocenters. The maximum atomic E-state index is 13.0. The van der Waals surface area contributed by atoms with Crippen molar-refractivity contribution >= 4 is 22.7 Å². The minimum Gasteiger partial charge on any atom is -0.451 e. The quantitative estimate of drug-likeness (QED) is 0.393. The second-order valence-corrected chi connectivity index (χ2v) is 7.00. The van der Waals surface area contributed by atoms with Gasteiger partial charge in [0.05, 0.1) is 0 Å². The highest BCUT2D eigenvalue weighted by Gasteiger charge is 2.30. The summed E-state index contributed by atoms with van der Waals surface area (Å²) in [6.07, 6.45) is 2.38. The molecule has 7 nitrogen and oxygen atoms in total. The number of esters is 1. The molecule has 30 heavy (non-hydrogen) atoms. The molecule has 1 N–H and O–H groups in total. The summed E-state index contributed by atoms with van der Waals surface area (Å²) in [5.74, 6) is -0.602. The predicted octanol–water partition coefficient (Wildman–Crippen LogP) is 4.47. The molecule has 0 aliphatic carbocycles. The Kier molecular flexibility index (Phi) is 4.76. The highest BCUT2D eigenvalue weighted by atomic mass is 16.5. The number of hydrogen-bond donors (Lipinski definition) is 1. The van der Waals surface area contributed by atoms with Crippen molar-refractivity contribution in [2.75, 3.05) is 0 Å². The lowest BCUT2D eigenvalue weighted by Crippen LogP contribution is -2.25. The molecule has 0 aliphatic rings. The van der Waals surface area contributed by atoms with Crippen LogP contribution in [0.2, 0.25) is 0 Å². The Morgan fingerprint density at radius 1 is 1.13 bits per heavy atom. The van der Waals surface area contributed by atoms with E-state index in [1.807, 2.05) is 30.3 Å². The molecule has 4 rings (SSSR count). The molecule has 0 fully saturated rings. The van der Waals surface area contributed by atoms with E-state index >= 15 is 0 Å². The number of carbonyl (C=O) groups excluding carboxylic acids is 2. The van der Waals surface area contributed by atoms with Crippen LogP contribution >= 0.6 is 0 Å². The summed E-state index contributed by atoms with van der Waals surface area (Å²) in [4.78, 5) is 29.1. The lowest BCUT2D eigenvalue weighted by Gasteiger charge is -2.12. The standard InChI is InChI=1S/C23H19N3O4/c1-13-19(16-8-4-5-9-18(16)25-13)21(27)15(3)30-23(28)20-14(2)29-22(17(20)12-24)26-10-6-7-11-26/h4-11,15,25H,1-3H3/t15-/m0/s1. The number of aromatic amines is 1. The smallest absolute Gasteiger partial charge is 0.343 e. The van der Waals surface area contributed by atoms with Gasteiger partial charge in [0, 0.05) is 34.6 Å². The first-order valence-corrected chi connectivity index (χ1v) is 9.41. The first kappa shape index (κ1) is 19.3. The molecule has 0 radical (unpaired) electrons. The van der Waals surface area contributed by atoms with Gasteiger partial charge in [0.25, 0.3) is 0 Å². The zero-order chi connectivity index (χ0) is 21.4. The van der Waals surface area contributed by atoms with Gasteiger partial charge in [0.1, 0.15) is 23.0 Å². The third-order valence-corrected chi connectivity index (χ3v) is 5.01. The Balaban J connectivity index is 1.64. The molecule has 0 saturated heterocycles. The SMILES string of the molecule is Cc1[nH]c2ccccc2c1C(=O)[C@H](C)OC(=O)c1c(C)oc(-n2cccc2)c1C#N. The monoisotopic (exact) mass is 401 g/mol. The number of furan rings is 1. The van der Waals surface area contributed by atoms with Gasteiger partial charge in [-0.3, -0.25) is 9.36 Å². The minimum absolute atomic E-state index is 0.0245. The van der Waals surface area contributed by atoms with Gasteiger partial charge >= 0.3 is 5.97 Å². The Hall–Kier alpha value is -4.05. The molecule has 0 amide bonds. The molecule has 0 aliphatic heterocycles. The highest BCUT2D eigenvalue weighted by molar-refractivity contribution is 6.11. The van der Waals surface area contributed by atoms with Crippen molar-refractivity contribution in [2.45, 2.75) is 26.9 Å². The summed E-state index contributed by atoms with van der Waals surface area (Å²) >= 11 is 0. The van der Waals surface area contributed by atoms with E-state index in [-0.39, 0.29) is 28.6 Å². The second-order valence-electron chi connectivity index (χ2n) is 7.00. The first-order valence-electron chi connectivity index (χ1n) is 9.41. The molecule has 0 saturated carbocycles. The Labute approximate surface area is 172 Å². The fourth-order valence-corrected chi connectivity index (χ4v) is 3.60. The van der Waals surface area contributed by atoms with Gasteiger partial charge in [0.2, 0.25) is 11.7 Å². The summed E-state index contributed by atoms with van der Waals surface area (Å²) in [7, 11) is 0. The minimum atomic E-state index is -1.04. The Morgan fingerprint density at radius 3 is 2.53 bits per heavy atom. The Morgan fingerprint density at radius 2 is 1.83 bits per heavy atom. The van der Waals surface area contributed by atoms with Crippen molar-refractivity contribution in [3.63, 3.8) is 0 Å². The number of para-hydroxylation sites is 1. The van der Waals surface area contributed by atoms with Gasteiger partial charge in [-0.2, -0.15) is 5.26 Å². The number of H-pyrrole nitrogens is 1. The van der Waals surface area contributed by atoms with Crippen LogP contribution in [0.5, 0.6) is 0 Å². The number of ether oxygens (including phenoxy) is 1. The average molecular weight is 401 g/mol. The number of carbonyl (C=O) groups is 2. The lowest BCUT2D eigenvalue weighted by atomic mass is 10.0. The van der Waals surface area contributed by atoms with Crippen molar-refractivity contribution in [3.05, 3.63) is 76.9 Å². The summed E-state index contributed by atoms with van der Waals surface area (Å²) < 4.78 is 12.7. The van der Waals surface area contributed by atoms with E-state index in [1.54, 1.807) is 42.9 Å². The molecule has 0 spiro atoms. The second kappa shape index (κ2) is 7.41. The number of aromatic nitrogens is 2. The molecule has 3 aromatic heterocycles. The molecule has 0 bridgehead atoms. The third kappa shape index (κ3) is 3.08. The van der Waals surface area contributed by atoms with E-state index in [4.69, 9.17) is 9.15 Å². The zero-order valence-electron chi connectivity index (χ0n) is 16.7. The van der Waals surface area contributed by atoms with Crippen molar-refractivity contribution in [1.82, 2.24) is 9.55 Å². The number of nitrogens with one attached hydrogen (secondary N) is 1. The summed E-state index contributed by atoms with van der Waals surface area (Å²) in [5.41, 5.74) is 2.12. The summed E-state index contributed by atoms with van der Waals surface area (Å²) in [6, 6.07) is 13.0. The van der Waals surface area contributed by atoms with Gasteiger partial charge < -0.3 is 14.1 Å². The van der Waals surface area contributed by atoms with E-state index in [9.17, 15) is 14.9 Å². The number of nitriles is 1. The van der Waals surface area contributed by atoms with Gasteiger partial charge in [-0.1, -0.05) is 18.2 Å². The van der Waals surface area contributed by atoms with Crippen LogP contribution in [-0.4, -0.2) is 27.4 Å². The Bertz CT molecular complexity index is 1300. The van der Waals surface area contributed by atoms with Gasteiger partial charge in [-0.05, 0) is 39.0 Å². The van der Waals surface area contributed by atoms with Crippen LogP contribution in [0.3, 0.4) is 0 Å². The summed E-state index contributed by atoms with van der Waals surface area (Å²) in [5, 5.41) is 10.4. The zero-order valence-corrected chi connectivity index (χ0v) is 16.7. The van der Waals surface area contributed by atoms with Crippen LogP contribution < -0.4 is 0 Å². The highest BCUT2D eigenvalue weighted by Crippen LogP contribution is 2.28. The van der Waals surface area contributed by atoms with Gasteiger partial charge in [0.15, 0.2) is 6.10 Å². The molecule has 3 heterocycles. The molecule has 7 heteroatoms. The fraction of sp³-hybridized carbons (Fsp3) is 0.174. The fourth-order valence-electron chi connectivity index (χ4n) is 3.60. The molecule has 1 aromatic carbocycles. The number of benzene rings is 1. The molecular weight excluding hydrogens is 382 g/mol. The molecule has 1 atom stereocenters. The maximum Gasteiger partial charge on any atom is 0.343 e. The normalized spacial score (nSPS) is 11.9. The van der Waals surface area contributed by atoms with E-state index < -0.39 is 12.1 Å². The average Bonchev–Trinajstić information content (AvgIpc) is 3.43. The van der Waals surface area contributed by atoms with Crippen molar-refractivity contribution in [1.29, 1.82) is 5.26 Å². The molecule has 150 valence electrons. The van der Waals surface area contributed by atoms with Crippen molar-refractivity contribution in [2.24, 2.45) is 0 Å². The number of hydrogen-bond acceptors (Lipinski definition) is 5. The van der Waals surface area contributed by atoms with E-state index in [2.05, 4.69) is 4.98 Å². The number of rotatable bonds is 5.